The largest absolute Gasteiger partial charge is 0.497 e. The van der Waals surface area contributed by atoms with E-state index in [9.17, 15) is 9.59 Å². The van der Waals surface area contributed by atoms with Crippen molar-refractivity contribution in [2.45, 2.75) is 25.3 Å². The zero-order valence-corrected chi connectivity index (χ0v) is 16.3. The Morgan fingerprint density at radius 3 is 2.78 bits per heavy atom. The number of anilines is 1. The smallest absolute Gasteiger partial charge is 0.243 e. The monoisotopic (exact) mass is 374 g/mol. The van der Waals surface area contributed by atoms with Gasteiger partial charge in [0.15, 0.2) is 0 Å². The molecule has 0 aromatic heterocycles. The standard InChI is InChI=1S/C20H30N4O3/c1-22(14-19(25)21-16-6-5-7-18(12-16)27-2)20(26)15-23-11-8-17(13-23)24-9-3-4-10-24/h5-7,12,17H,3-4,8-11,13-15H2,1-2H3,(H,21,25). The van der Waals surface area contributed by atoms with Crippen LogP contribution < -0.4 is 10.1 Å². The Balaban J connectivity index is 1.42. The van der Waals surface area contributed by atoms with Crippen molar-refractivity contribution in [2.24, 2.45) is 0 Å². The zero-order chi connectivity index (χ0) is 19.2. The Hall–Kier alpha value is -2.12. The van der Waals surface area contributed by atoms with E-state index in [1.165, 1.54) is 30.8 Å². The van der Waals surface area contributed by atoms with Crippen molar-refractivity contribution in [2.75, 3.05) is 58.7 Å². The van der Waals surface area contributed by atoms with Gasteiger partial charge in [-0.1, -0.05) is 6.07 Å². The molecule has 0 bridgehead atoms. The van der Waals surface area contributed by atoms with Gasteiger partial charge in [0.25, 0.3) is 0 Å². The lowest BCUT2D eigenvalue weighted by Gasteiger charge is -2.24. The molecule has 1 atom stereocenters. The first-order valence-electron chi connectivity index (χ1n) is 9.69. The molecule has 7 nitrogen and oxygen atoms in total. The topological polar surface area (TPSA) is 65.1 Å². The number of amides is 2. The van der Waals surface area contributed by atoms with Gasteiger partial charge in [-0.3, -0.25) is 19.4 Å². The van der Waals surface area contributed by atoms with Crippen LogP contribution in [0.25, 0.3) is 0 Å². The molecular weight excluding hydrogens is 344 g/mol. The van der Waals surface area contributed by atoms with Crippen LogP contribution in [0.5, 0.6) is 5.75 Å². The molecule has 0 spiro atoms. The van der Waals surface area contributed by atoms with E-state index in [4.69, 9.17) is 4.74 Å². The van der Waals surface area contributed by atoms with Gasteiger partial charge in [0.2, 0.25) is 11.8 Å². The summed E-state index contributed by atoms with van der Waals surface area (Å²) in [5.41, 5.74) is 0.660. The molecule has 3 rings (SSSR count). The minimum absolute atomic E-state index is 0.0159. The van der Waals surface area contributed by atoms with Gasteiger partial charge in [-0.25, -0.2) is 0 Å². The molecular formula is C20H30N4O3. The molecule has 1 N–H and O–H groups in total. The first-order chi connectivity index (χ1) is 13.0. The number of ether oxygens (including phenoxy) is 1. The summed E-state index contributed by atoms with van der Waals surface area (Å²) in [6.07, 6.45) is 3.72. The van der Waals surface area contributed by atoms with Gasteiger partial charge in [0, 0.05) is 37.9 Å². The van der Waals surface area contributed by atoms with Crippen LogP contribution in [0.1, 0.15) is 19.3 Å². The predicted molar refractivity (Wildman–Crippen MR) is 105 cm³/mol. The molecule has 2 amide bonds. The third-order valence-electron chi connectivity index (χ3n) is 5.42. The number of carbonyl (C=O) groups is 2. The second kappa shape index (κ2) is 9.19. The molecule has 0 aliphatic carbocycles. The second-order valence-corrected chi connectivity index (χ2v) is 7.45. The highest BCUT2D eigenvalue weighted by Gasteiger charge is 2.30. The average molecular weight is 374 g/mol. The normalized spacial score (nSPS) is 20.6. The number of carbonyl (C=O) groups excluding carboxylic acids is 2. The summed E-state index contributed by atoms with van der Waals surface area (Å²) in [6, 6.07) is 7.76. The van der Waals surface area contributed by atoms with Gasteiger partial charge in [-0.2, -0.15) is 0 Å². The van der Waals surface area contributed by atoms with Crippen LogP contribution in [0.3, 0.4) is 0 Å². The number of nitrogens with zero attached hydrogens (tertiary/aromatic N) is 3. The van der Waals surface area contributed by atoms with Crippen LogP contribution in [-0.2, 0) is 9.59 Å². The van der Waals surface area contributed by atoms with Gasteiger partial charge in [0.05, 0.1) is 20.2 Å². The van der Waals surface area contributed by atoms with Gasteiger partial charge in [-0.05, 0) is 44.5 Å². The number of hydrogen-bond donors (Lipinski definition) is 1. The van der Waals surface area contributed by atoms with Crippen molar-refractivity contribution < 1.29 is 14.3 Å². The molecule has 2 fully saturated rings. The summed E-state index contributed by atoms with van der Waals surface area (Å²) in [4.78, 5) is 31.0. The van der Waals surface area contributed by atoms with E-state index in [0.29, 0.717) is 24.0 Å². The molecule has 2 heterocycles. The van der Waals surface area contributed by atoms with Crippen LogP contribution in [0.15, 0.2) is 24.3 Å². The van der Waals surface area contributed by atoms with Gasteiger partial charge in [-0.15, -0.1) is 0 Å². The summed E-state index contributed by atoms with van der Waals surface area (Å²) < 4.78 is 5.15. The molecule has 27 heavy (non-hydrogen) atoms. The van der Waals surface area contributed by atoms with E-state index in [2.05, 4.69) is 15.1 Å². The fourth-order valence-corrected chi connectivity index (χ4v) is 3.88. The lowest BCUT2D eigenvalue weighted by molar-refractivity contribution is -0.134. The van der Waals surface area contributed by atoms with E-state index in [0.717, 1.165) is 19.5 Å². The van der Waals surface area contributed by atoms with E-state index < -0.39 is 0 Å². The molecule has 1 aromatic rings. The highest BCUT2D eigenvalue weighted by atomic mass is 16.5. The fourth-order valence-electron chi connectivity index (χ4n) is 3.88. The molecule has 2 aliphatic heterocycles. The number of methoxy groups -OCH3 is 1. The Morgan fingerprint density at radius 2 is 2.04 bits per heavy atom. The van der Waals surface area contributed by atoms with E-state index >= 15 is 0 Å². The summed E-state index contributed by atoms with van der Waals surface area (Å²) in [7, 11) is 3.27. The summed E-state index contributed by atoms with van der Waals surface area (Å²) >= 11 is 0. The van der Waals surface area contributed by atoms with Gasteiger partial charge < -0.3 is 15.0 Å². The highest BCUT2D eigenvalue weighted by molar-refractivity contribution is 5.94. The SMILES string of the molecule is COc1cccc(NC(=O)CN(C)C(=O)CN2CCC(N3CCCC3)C2)c1. The minimum Gasteiger partial charge on any atom is -0.497 e. The third-order valence-corrected chi connectivity index (χ3v) is 5.42. The Morgan fingerprint density at radius 1 is 1.26 bits per heavy atom. The van der Waals surface area contributed by atoms with Crippen LogP contribution in [0.2, 0.25) is 0 Å². The Labute approximate surface area is 161 Å². The molecule has 0 radical (unpaired) electrons. The number of hydrogen-bond acceptors (Lipinski definition) is 5. The number of benzene rings is 1. The highest BCUT2D eigenvalue weighted by Crippen LogP contribution is 2.20. The lowest BCUT2D eigenvalue weighted by atomic mass is 10.2. The fraction of sp³-hybridized carbons (Fsp3) is 0.600. The van der Waals surface area contributed by atoms with E-state index in [1.807, 2.05) is 12.1 Å². The zero-order valence-electron chi connectivity index (χ0n) is 16.3. The maximum absolute atomic E-state index is 12.5. The lowest BCUT2D eigenvalue weighted by Crippen LogP contribution is -2.42. The summed E-state index contributed by atoms with van der Waals surface area (Å²) in [6.45, 7) is 4.71. The minimum atomic E-state index is -0.213. The van der Waals surface area contributed by atoms with Gasteiger partial charge >= 0.3 is 0 Å². The van der Waals surface area contributed by atoms with Crippen molar-refractivity contribution in [1.82, 2.24) is 14.7 Å². The number of likely N-dealkylation sites (tertiary alicyclic amines) is 2. The maximum Gasteiger partial charge on any atom is 0.243 e. The van der Waals surface area contributed by atoms with Crippen molar-refractivity contribution >= 4 is 17.5 Å². The molecule has 2 saturated heterocycles. The van der Waals surface area contributed by atoms with Crippen LogP contribution in [-0.4, -0.2) is 86.0 Å². The molecule has 0 saturated carbocycles. The third kappa shape index (κ3) is 5.43. The molecule has 1 aromatic carbocycles. The van der Waals surface area contributed by atoms with Crippen LogP contribution in [0.4, 0.5) is 5.69 Å². The van der Waals surface area contributed by atoms with Crippen molar-refractivity contribution in [1.29, 1.82) is 0 Å². The molecule has 1 unspecified atom stereocenters. The molecule has 2 aliphatic rings. The predicted octanol–water partition coefficient (Wildman–Crippen LogP) is 1.26. The van der Waals surface area contributed by atoms with Crippen molar-refractivity contribution in [3.63, 3.8) is 0 Å². The Bertz CT molecular complexity index is 660. The quantitative estimate of drug-likeness (QED) is 0.779. The van der Waals surface area contributed by atoms with Crippen molar-refractivity contribution in [3.05, 3.63) is 24.3 Å². The first-order valence-corrected chi connectivity index (χ1v) is 9.69. The number of nitrogens with one attached hydrogen (secondary N) is 1. The maximum atomic E-state index is 12.5. The number of rotatable bonds is 7. The molecule has 148 valence electrons. The van der Waals surface area contributed by atoms with E-state index in [-0.39, 0.29) is 18.4 Å². The average Bonchev–Trinajstić information content (AvgIpc) is 3.33. The second-order valence-electron chi connectivity index (χ2n) is 7.45. The first kappa shape index (κ1) is 19.6. The van der Waals surface area contributed by atoms with Crippen LogP contribution in [0, 0.1) is 0 Å². The number of likely N-dealkylation sites (N-methyl/N-ethyl adjacent to an activating group) is 1. The van der Waals surface area contributed by atoms with Gasteiger partial charge in [0.1, 0.15) is 5.75 Å². The Kier molecular flexibility index (Phi) is 6.68. The summed E-state index contributed by atoms with van der Waals surface area (Å²) in [5.74, 6) is 0.451. The van der Waals surface area contributed by atoms with E-state index in [1.54, 1.807) is 26.3 Å². The van der Waals surface area contributed by atoms with Crippen LogP contribution >= 0.6 is 0 Å². The van der Waals surface area contributed by atoms with Crippen molar-refractivity contribution in [3.8, 4) is 5.75 Å². The molecule has 7 heteroatoms. The summed E-state index contributed by atoms with van der Waals surface area (Å²) in [5, 5.41) is 2.81.